The molecule has 1 atom stereocenters. The van der Waals surface area contributed by atoms with Gasteiger partial charge in [0.05, 0.1) is 14.5 Å². The lowest BCUT2D eigenvalue weighted by Crippen LogP contribution is -2.17. The van der Waals surface area contributed by atoms with Gasteiger partial charge in [-0.3, -0.25) is 0 Å². The smallest absolute Gasteiger partial charge is 0.0955 e. The third-order valence-corrected chi connectivity index (χ3v) is 3.38. The monoisotopic (exact) mass is 248 g/mol. The maximum Gasteiger partial charge on any atom is 0.0955 e. The zero-order valence-electron chi connectivity index (χ0n) is 7.30. The highest BCUT2D eigenvalue weighted by molar-refractivity contribution is 9.11. The molecule has 68 valence electrons. The lowest BCUT2D eigenvalue weighted by Gasteiger charge is -1.98. The highest BCUT2D eigenvalue weighted by atomic mass is 79.9. The molecule has 0 aliphatic heterocycles. The molecule has 1 aromatic rings. The van der Waals surface area contributed by atoms with Gasteiger partial charge in [-0.2, -0.15) is 0 Å². The predicted molar refractivity (Wildman–Crippen MR) is 56.5 cm³/mol. The molecule has 2 nitrogen and oxygen atoms in total. The molecule has 2 N–H and O–H groups in total. The summed E-state index contributed by atoms with van der Waals surface area (Å²) in [4.78, 5) is 4.46. The second-order valence-electron chi connectivity index (χ2n) is 2.86. The molecule has 1 aromatic heterocycles. The zero-order valence-corrected chi connectivity index (χ0v) is 9.70. The van der Waals surface area contributed by atoms with E-state index in [1.807, 2.05) is 6.92 Å². The van der Waals surface area contributed by atoms with Gasteiger partial charge in [0.2, 0.25) is 0 Å². The van der Waals surface area contributed by atoms with E-state index < -0.39 is 0 Å². The predicted octanol–water partition coefficient (Wildman–Crippen LogP) is 2.36. The molecule has 0 fully saturated rings. The van der Waals surface area contributed by atoms with Gasteiger partial charge in [0.1, 0.15) is 0 Å². The number of hydrogen-bond acceptors (Lipinski definition) is 3. The van der Waals surface area contributed by atoms with Gasteiger partial charge in [-0.15, -0.1) is 11.3 Å². The average molecular weight is 249 g/mol. The first kappa shape index (κ1) is 10.2. The van der Waals surface area contributed by atoms with E-state index in [4.69, 9.17) is 5.73 Å². The molecule has 0 aliphatic rings. The number of rotatable bonds is 3. The van der Waals surface area contributed by atoms with E-state index >= 15 is 0 Å². The van der Waals surface area contributed by atoms with Crippen molar-refractivity contribution in [2.75, 3.05) is 0 Å². The number of nitrogens with two attached hydrogens (primary N) is 1. The summed E-state index contributed by atoms with van der Waals surface area (Å²) < 4.78 is 1.15. The van der Waals surface area contributed by atoms with Crippen molar-refractivity contribution in [1.82, 2.24) is 4.98 Å². The topological polar surface area (TPSA) is 38.9 Å². The number of thiazole rings is 1. The van der Waals surface area contributed by atoms with E-state index in [0.717, 1.165) is 27.3 Å². The lowest BCUT2D eigenvalue weighted by atomic mass is 10.3. The number of nitrogens with zero attached hydrogens (tertiary/aromatic N) is 1. The molecule has 1 rings (SSSR count). The summed E-state index contributed by atoms with van der Waals surface area (Å²) in [5, 5.41) is 1.13. The van der Waals surface area contributed by atoms with Crippen molar-refractivity contribution in [3.05, 3.63) is 14.5 Å². The minimum atomic E-state index is 0.202. The Morgan fingerprint density at radius 2 is 2.33 bits per heavy atom. The van der Waals surface area contributed by atoms with Crippen molar-refractivity contribution in [2.24, 2.45) is 5.73 Å². The molecule has 0 aliphatic carbocycles. The summed E-state index contributed by atoms with van der Waals surface area (Å²) in [5.41, 5.74) is 6.83. The summed E-state index contributed by atoms with van der Waals surface area (Å²) in [6.07, 6.45) is 1.86. The van der Waals surface area contributed by atoms with Crippen molar-refractivity contribution in [3.63, 3.8) is 0 Å². The third kappa shape index (κ3) is 2.54. The average Bonchev–Trinajstić information content (AvgIpc) is 2.29. The van der Waals surface area contributed by atoms with Crippen LogP contribution in [-0.2, 0) is 12.8 Å². The highest BCUT2D eigenvalue weighted by Crippen LogP contribution is 2.25. The van der Waals surface area contributed by atoms with E-state index in [9.17, 15) is 0 Å². The van der Waals surface area contributed by atoms with Gasteiger partial charge in [0.15, 0.2) is 0 Å². The molecule has 1 heterocycles. The molecule has 12 heavy (non-hydrogen) atoms. The summed E-state index contributed by atoms with van der Waals surface area (Å²) >= 11 is 5.18. The molecule has 0 saturated heterocycles. The van der Waals surface area contributed by atoms with Crippen LogP contribution < -0.4 is 5.73 Å². The van der Waals surface area contributed by atoms with Crippen LogP contribution in [0.25, 0.3) is 0 Å². The standard InChI is InChI=1S/C8H13BrN2S/c1-3-6-8(9)12-7(11-6)4-5(2)10/h5H,3-4,10H2,1-2H3. The van der Waals surface area contributed by atoms with Crippen molar-refractivity contribution < 1.29 is 0 Å². The maximum atomic E-state index is 5.68. The molecule has 1 unspecified atom stereocenters. The molecule has 0 bridgehead atoms. The van der Waals surface area contributed by atoms with Crippen LogP contribution in [0, 0.1) is 0 Å². The fraction of sp³-hybridized carbons (Fsp3) is 0.625. The normalized spacial score (nSPS) is 13.3. The molecule has 0 saturated carbocycles. The van der Waals surface area contributed by atoms with Crippen LogP contribution in [0.2, 0.25) is 0 Å². The van der Waals surface area contributed by atoms with Crippen molar-refractivity contribution in [2.45, 2.75) is 32.7 Å². The van der Waals surface area contributed by atoms with Crippen molar-refractivity contribution in [3.8, 4) is 0 Å². The van der Waals surface area contributed by atoms with Gasteiger partial charge >= 0.3 is 0 Å². The second-order valence-corrected chi connectivity index (χ2v) is 5.26. The van der Waals surface area contributed by atoms with Gasteiger partial charge in [-0.1, -0.05) is 6.92 Å². The first-order chi connectivity index (χ1) is 5.63. The minimum absolute atomic E-state index is 0.202. The third-order valence-electron chi connectivity index (χ3n) is 1.53. The minimum Gasteiger partial charge on any atom is -0.328 e. The van der Waals surface area contributed by atoms with Crippen LogP contribution in [0.15, 0.2) is 3.79 Å². The fourth-order valence-electron chi connectivity index (χ4n) is 0.960. The SMILES string of the molecule is CCc1nc(CC(C)N)sc1Br. The Hall–Kier alpha value is 0.0700. The summed E-state index contributed by atoms with van der Waals surface area (Å²) in [5.74, 6) is 0. The Bertz CT molecular complexity index is 258. The summed E-state index contributed by atoms with van der Waals surface area (Å²) in [6, 6.07) is 0.202. The van der Waals surface area contributed by atoms with E-state index in [1.165, 1.54) is 0 Å². The van der Waals surface area contributed by atoms with Crippen molar-refractivity contribution >= 4 is 27.3 Å². The quantitative estimate of drug-likeness (QED) is 0.893. The van der Waals surface area contributed by atoms with Gasteiger partial charge in [0, 0.05) is 12.5 Å². The summed E-state index contributed by atoms with van der Waals surface area (Å²) in [7, 11) is 0. The van der Waals surface area contributed by atoms with Gasteiger partial charge < -0.3 is 5.73 Å². The van der Waals surface area contributed by atoms with E-state index in [2.05, 4.69) is 27.8 Å². The Morgan fingerprint density at radius 1 is 1.67 bits per heavy atom. The van der Waals surface area contributed by atoms with Gasteiger partial charge in [0.25, 0.3) is 0 Å². The maximum absolute atomic E-state index is 5.68. The van der Waals surface area contributed by atoms with Gasteiger partial charge in [-0.25, -0.2) is 4.98 Å². The van der Waals surface area contributed by atoms with E-state index in [1.54, 1.807) is 11.3 Å². The van der Waals surface area contributed by atoms with E-state index in [-0.39, 0.29) is 6.04 Å². The first-order valence-corrected chi connectivity index (χ1v) is 5.64. The number of hydrogen-bond donors (Lipinski definition) is 1. The zero-order chi connectivity index (χ0) is 9.14. The first-order valence-electron chi connectivity index (χ1n) is 4.03. The number of aryl methyl sites for hydroxylation is 1. The fourth-order valence-corrected chi connectivity index (χ4v) is 2.91. The Labute approximate surface area is 85.3 Å². The Balaban J connectivity index is 2.75. The van der Waals surface area contributed by atoms with Crippen LogP contribution in [0.5, 0.6) is 0 Å². The summed E-state index contributed by atoms with van der Waals surface area (Å²) in [6.45, 7) is 4.11. The molecule has 4 heteroatoms. The van der Waals surface area contributed by atoms with E-state index in [0.29, 0.717) is 0 Å². The van der Waals surface area contributed by atoms with Crippen LogP contribution >= 0.6 is 27.3 Å². The molecule has 0 aromatic carbocycles. The van der Waals surface area contributed by atoms with Crippen LogP contribution in [0.1, 0.15) is 24.5 Å². The highest BCUT2D eigenvalue weighted by Gasteiger charge is 2.07. The van der Waals surface area contributed by atoms with Gasteiger partial charge in [-0.05, 0) is 29.3 Å². The molecular weight excluding hydrogens is 236 g/mol. The van der Waals surface area contributed by atoms with Crippen molar-refractivity contribution in [1.29, 1.82) is 0 Å². The second kappa shape index (κ2) is 4.35. The molecule has 0 radical (unpaired) electrons. The molecule has 0 spiro atoms. The number of aromatic nitrogens is 1. The molecule has 0 amide bonds. The van der Waals surface area contributed by atoms with Crippen LogP contribution in [-0.4, -0.2) is 11.0 Å². The Morgan fingerprint density at radius 3 is 2.75 bits per heavy atom. The lowest BCUT2D eigenvalue weighted by molar-refractivity contribution is 0.731. The number of halogens is 1. The van der Waals surface area contributed by atoms with Crippen LogP contribution in [0.3, 0.4) is 0 Å². The molecular formula is C8H13BrN2S. The Kier molecular flexibility index (Phi) is 3.68. The van der Waals surface area contributed by atoms with Crippen LogP contribution in [0.4, 0.5) is 0 Å². The largest absolute Gasteiger partial charge is 0.328 e.